The van der Waals surface area contributed by atoms with Crippen molar-refractivity contribution in [2.24, 2.45) is 11.8 Å². The lowest BCUT2D eigenvalue weighted by atomic mass is 10.0. The Morgan fingerprint density at radius 1 is 1.39 bits per heavy atom. The maximum atomic E-state index is 13.4. The fourth-order valence-corrected chi connectivity index (χ4v) is 5.40. The second-order valence-electron chi connectivity index (χ2n) is 8.57. The fraction of sp³-hybridized carbons (Fsp3) is 0.609. The fourth-order valence-electron chi connectivity index (χ4n) is 3.58. The van der Waals surface area contributed by atoms with Gasteiger partial charge in [-0.15, -0.1) is 0 Å². The molecule has 0 aromatic heterocycles. The maximum absolute atomic E-state index is 13.4. The van der Waals surface area contributed by atoms with Gasteiger partial charge in [0.05, 0.1) is 13.2 Å². The molecule has 1 aromatic carbocycles. The summed E-state index contributed by atoms with van der Waals surface area (Å²) in [6.45, 7) is 5.63. The molecule has 1 fully saturated rings. The highest BCUT2D eigenvalue weighted by Crippen LogP contribution is 2.34. The first-order valence-corrected chi connectivity index (χ1v) is 12.3. The highest BCUT2D eigenvalue weighted by molar-refractivity contribution is 7.89. The first kappa shape index (κ1) is 23.6. The number of likely N-dealkylation sites (N-methyl/N-ethyl adjacent to an activating group) is 1. The number of nitrogens with zero attached hydrogens (tertiary/aromatic N) is 2. The van der Waals surface area contributed by atoms with Crippen LogP contribution in [0, 0.1) is 23.7 Å². The molecular weight excluding hydrogens is 416 g/mol. The number of hydrogen-bond acceptors (Lipinski definition) is 5. The molecule has 31 heavy (non-hydrogen) atoms. The molecule has 1 N–H and O–H groups in total. The van der Waals surface area contributed by atoms with Crippen molar-refractivity contribution in [1.82, 2.24) is 9.21 Å². The van der Waals surface area contributed by atoms with Gasteiger partial charge >= 0.3 is 0 Å². The minimum atomic E-state index is -3.88. The normalized spacial score (nSPS) is 23.9. The number of benzene rings is 1. The second kappa shape index (κ2) is 9.60. The number of sulfonamides is 1. The first-order chi connectivity index (χ1) is 14.7. The van der Waals surface area contributed by atoms with E-state index in [0.29, 0.717) is 24.4 Å². The van der Waals surface area contributed by atoms with E-state index in [2.05, 4.69) is 11.8 Å². The van der Waals surface area contributed by atoms with Crippen molar-refractivity contribution in [1.29, 1.82) is 0 Å². The number of ether oxygens (including phenoxy) is 1. The third kappa shape index (κ3) is 5.40. The summed E-state index contributed by atoms with van der Waals surface area (Å²) in [6, 6.07) is 4.33. The van der Waals surface area contributed by atoms with Crippen LogP contribution in [-0.2, 0) is 14.8 Å². The Kier molecular flexibility index (Phi) is 7.30. The molecule has 1 aliphatic heterocycles. The average molecular weight is 449 g/mol. The van der Waals surface area contributed by atoms with Gasteiger partial charge in [-0.1, -0.05) is 25.7 Å². The molecule has 0 unspecified atom stereocenters. The van der Waals surface area contributed by atoms with Gasteiger partial charge in [-0.25, -0.2) is 8.42 Å². The van der Waals surface area contributed by atoms with Gasteiger partial charge in [0.25, 0.3) is 0 Å². The molecule has 0 radical (unpaired) electrons. The maximum Gasteiger partial charge on any atom is 0.247 e. The molecule has 170 valence electrons. The highest BCUT2D eigenvalue weighted by atomic mass is 32.2. The van der Waals surface area contributed by atoms with Gasteiger partial charge in [-0.05, 0) is 38.0 Å². The molecule has 3 rings (SSSR count). The van der Waals surface area contributed by atoms with Crippen LogP contribution in [0.4, 0.5) is 0 Å². The number of carbonyl (C=O) groups excluding carboxylic acids is 1. The molecule has 1 heterocycles. The van der Waals surface area contributed by atoms with E-state index in [4.69, 9.17) is 4.74 Å². The first-order valence-electron chi connectivity index (χ1n) is 10.9. The molecule has 1 amide bonds. The standard InChI is InChI=1S/C23H32N2O5S/c1-5-23(27)24(4)14-21-16(2)13-25(17(3)15-26)31(28,29)22-11-10-19(12-20(22)30-21)9-8-18-6-7-18/h10-12,16-18,21,26H,5-7,13-15H2,1-4H3/t16-,17-,21+/m1/s1. The number of aliphatic hydroxyl groups is 1. The van der Waals surface area contributed by atoms with E-state index < -0.39 is 22.2 Å². The molecule has 0 bridgehead atoms. The summed E-state index contributed by atoms with van der Waals surface area (Å²) in [4.78, 5) is 13.8. The summed E-state index contributed by atoms with van der Waals surface area (Å²) in [7, 11) is -2.15. The second-order valence-corrected chi connectivity index (χ2v) is 10.4. The van der Waals surface area contributed by atoms with Crippen LogP contribution >= 0.6 is 0 Å². The molecule has 0 spiro atoms. The molecule has 1 saturated carbocycles. The van der Waals surface area contributed by atoms with E-state index in [0.717, 1.165) is 12.8 Å². The number of hydrogen-bond donors (Lipinski definition) is 1. The van der Waals surface area contributed by atoms with E-state index in [-0.39, 0.29) is 35.6 Å². The predicted molar refractivity (Wildman–Crippen MR) is 118 cm³/mol. The number of fused-ring (bicyclic) bond motifs is 1. The van der Waals surface area contributed by atoms with Crippen molar-refractivity contribution in [2.75, 3.05) is 26.7 Å². The molecular formula is C23H32N2O5S. The number of carbonyl (C=O) groups is 1. The lowest BCUT2D eigenvalue weighted by molar-refractivity contribution is -0.131. The lowest BCUT2D eigenvalue weighted by Crippen LogP contribution is -2.50. The molecule has 8 heteroatoms. The van der Waals surface area contributed by atoms with Crippen LogP contribution in [0.25, 0.3) is 0 Å². The third-order valence-electron chi connectivity index (χ3n) is 5.85. The zero-order chi connectivity index (χ0) is 22.8. The van der Waals surface area contributed by atoms with Gasteiger partial charge in [0, 0.05) is 43.5 Å². The van der Waals surface area contributed by atoms with E-state index >= 15 is 0 Å². The minimum Gasteiger partial charge on any atom is -0.487 e. The summed E-state index contributed by atoms with van der Waals surface area (Å²) in [6.07, 6.45) is 2.19. The Hall–Kier alpha value is -2.08. The van der Waals surface area contributed by atoms with Gasteiger partial charge in [0.1, 0.15) is 16.7 Å². The van der Waals surface area contributed by atoms with Gasteiger partial charge in [0.2, 0.25) is 15.9 Å². The number of amides is 1. The lowest BCUT2D eigenvalue weighted by Gasteiger charge is -2.37. The quantitative estimate of drug-likeness (QED) is 0.697. The minimum absolute atomic E-state index is 0.00432. The number of aliphatic hydroxyl groups excluding tert-OH is 1. The summed E-state index contributed by atoms with van der Waals surface area (Å²) in [5, 5.41) is 9.70. The molecule has 7 nitrogen and oxygen atoms in total. The summed E-state index contributed by atoms with van der Waals surface area (Å²) < 4.78 is 34.4. The Labute approximate surface area is 185 Å². The van der Waals surface area contributed by atoms with E-state index in [1.807, 2.05) is 6.92 Å². The zero-order valence-electron chi connectivity index (χ0n) is 18.7. The van der Waals surface area contributed by atoms with E-state index in [9.17, 15) is 18.3 Å². The van der Waals surface area contributed by atoms with E-state index in [1.165, 1.54) is 10.4 Å². The number of rotatable bonds is 5. The van der Waals surface area contributed by atoms with Crippen LogP contribution in [0.3, 0.4) is 0 Å². The monoisotopic (exact) mass is 448 g/mol. The summed E-state index contributed by atoms with van der Waals surface area (Å²) in [5.74, 6) is 6.76. The average Bonchev–Trinajstić information content (AvgIpc) is 3.57. The summed E-state index contributed by atoms with van der Waals surface area (Å²) >= 11 is 0. The smallest absolute Gasteiger partial charge is 0.247 e. The molecule has 2 aliphatic rings. The van der Waals surface area contributed by atoms with Crippen molar-refractivity contribution in [3.8, 4) is 17.6 Å². The largest absolute Gasteiger partial charge is 0.487 e. The SMILES string of the molecule is CCC(=O)N(C)C[C@@H]1Oc2cc(C#CC3CC3)ccc2S(=O)(=O)N([C@H](C)CO)C[C@H]1C. The highest BCUT2D eigenvalue weighted by Gasteiger charge is 2.38. The third-order valence-corrected chi connectivity index (χ3v) is 7.87. The topological polar surface area (TPSA) is 87.2 Å². The Balaban J connectivity index is 2.04. The predicted octanol–water partition coefficient (Wildman–Crippen LogP) is 2.09. The van der Waals surface area contributed by atoms with Gasteiger partial charge in [-0.2, -0.15) is 4.31 Å². The van der Waals surface area contributed by atoms with Crippen LogP contribution in [0.15, 0.2) is 23.1 Å². The van der Waals surface area contributed by atoms with Gasteiger partial charge < -0.3 is 14.7 Å². The van der Waals surface area contributed by atoms with Crippen LogP contribution in [0.1, 0.15) is 45.6 Å². The van der Waals surface area contributed by atoms with Crippen LogP contribution in [0.2, 0.25) is 0 Å². The summed E-state index contributed by atoms with van der Waals surface area (Å²) in [5.41, 5.74) is 0.701. The molecule has 0 saturated heterocycles. The Morgan fingerprint density at radius 3 is 2.71 bits per heavy atom. The zero-order valence-corrected chi connectivity index (χ0v) is 19.5. The Bertz CT molecular complexity index is 977. The van der Waals surface area contributed by atoms with Crippen LogP contribution < -0.4 is 4.74 Å². The van der Waals surface area contributed by atoms with Crippen LogP contribution in [0.5, 0.6) is 5.75 Å². The Morgan fingerprint density at radius 2 is 2.10 bits per heavy atom. The van der Waals surface area contributed by atoms with Gasteiger partial charge in [-0.3, -0.25) is 4.79 Å². The molecule has 1 aromatic rings. The van der Waals surface area contributed by atoms with E-state index in [1.54, 1.807) is 37.9 Å². The van der Waals surface area contributed by atoms with Crippen molar-refractivity contribution in [2.45, 2.75) is 57.1 Å². The van der Waals surface area contributed by atoms with Crippen molar-refractivity contribution >= 4 is 15.9 Å². The molecule has 1 aliphatic carbocycles. The van der Waals surface area contributed by atoms with Crippen LogP contribution in [-0.4, -0.2) is 67.5 Å². The van der Waals surface area contributed by atoms with Crippen molar-refractivity contribution in [3.05, 3.63) is 23.8 Å². The van der Waals surface area contributed by atoms with Crippen molar-refractivity contribution < 1.29 is 23.1 Å². The molecule has 3 atom stereocenters. The van der Waals surface area contributed by atoms with Crippen molar-refractivity contribution in [3.63, 3.8) is 0 Å². The van der Waals surface area contributed by atoms with Gasteiger partial charge in [0.15, 0.2) is 0 Å².